The second kappa shape index (κ2) is 46.4. The van der Waals surface area contributed by atoms with Gasteiger partial charge in [-0.2, -0.15) is 104 Å². The Morgan fingerprint density at radius 3 is 0.886 bits per heavy atom. The number of halogens is 22. The molecule has 0 saturated carbocycles. The number of aromatic nitrogens is 10. The zero-order chi connectivity index (χ0) is 110. The van der Waals surface area contributed by atoms with Gasteiger partial charge in [0.15, 0.2) is 0 Å². The van der Waals surface area contributed by atoms with E-state index in [0.717, 1.165) is 42.0 Å². The number of alkyl halides is 21. The van der Waals surface area contributed by atoms with Crippen LogP contribution in [0, 0.1) is 5.82 Å². The SMILES string of the molecule is CP(C)(=O)c1ccc(Nc2ncc(C(F)(F)F)c(-c3cccc(S(N)(=O)=O)c3)n2)cc1.CP(C)(=O)c1ccc(Nc2ncc(C(F)(F)F)c(-c3ccccc3)n2)cc1.CP(C)(=O)c1ccc(Nc2ncc(C(F)(F)F)c(-c3ccsc3)n2)cc1.CP(C)(=O)c1ccc(Nc2ncc(C(F)(F)F)c(Sc3cc(F)cc(C(F)(F)F)c3)n2)cc1.CP(C)(=O)c1ccc(Nc2ncc(C(F)(F)F)c(Sc3cccc(C(F)(F)F)c3)n2)cc1. The Kier molecular flexibility index (Phi) is 36.3. The summed E-state index contributed by atoms with van der Waals surface area (Å²) in [7, 11) is -16.3. The van der Waals surface area contributed by atoms with Crippen LogP contribution in [0.25, 0.3) is 33.8 Å². The van der Waals surface area contributed by atoms with E-state index in [0.29, 0.717) is 103 Å². The maximum absolute atomic E-state index is 13.7. The molecule has 0 aliphatic heterocycles. The van der Waals surface area contributed by atoms with Crippen LogP contribution in [-0.4, -0.2) is 125 Å². The molecule has 6 aromatic heterocycles. The van der Waals surface area contributed by atoms with E-state index in [-0.39, 0.29) is 74.3 Å². The van der Waals surface area contributed by atoms with Crippen LogP contribution in [0.2, 0.25) is 0 Å². The molecular weight excluding hydrogens is 2180 g/mol. The maximum Gasteiger partial charge on any atom is 0.420 e. The number of anilines is 10. The monoisotopic (exact) mass is 2260 g/mol. The predicted molar refractivity (Wildman–Crippen MR) is 536 cm³/mol. The van der Waals surface area contributed by atoms with Gasteiger partial charge in [-0.1, -0.05) is 72.1 Å². The number of benzene rings is 9. The first-order chi connectivity index (χ1) is 68.9. The highest BCUT2D eigenvalue weighted by Gasteiger charge is 2.42. The molecule has 0 aliphatic carbocycles. The molecule has 0 unspecified atom stereocenters. The highest BCUT2D eigenvalue weighted by atomic mass is 32.2. The molecule has 786 valence electrons. The van der Waals surface area contributed by atoms with Gasteiger partial charge in [0.25, 0.3) is 0 Å². The van der Waals surface area contributed by atoms with Crippen LogP contribution in [-0.2, 0) is 76.1 Å². The van der Waals surface area contributed by atoms with Crippen LogP contribution < -0.4 is 58.2 Å². The van der Waals surface area contributed by atoms with Crippen molar-refractivity contribution in [1.29, 1.82) is 0 Å². The van der Waals surface area contributed by atoms with Crippen molar-refractivity contribution in [2.75, 3.05) is 93.2 Å². The van der Waals surface area contributed by atoms with Gasteiger partial charge in [0.2, 0.25) is 39.8 Å². The largest absolute Gasteiger partial charge is 0.420 e. The van der Waals surface area contributed by atoms with E-state index < -0.39 is 154 Å². The standard InChI is InChI=1S/C20H15F7N3OPS.C20H16F6N3OPS.C19H18F3N4O3PS.C19H17F3N3OP.C17H15F3N3OPS/c1-32(2,31)14-5-3-13(4-6-14)29-18-28-10-16(20(25,26)27)17(30-18)33-15-8-11(19(22,23)24)7-12(21)9-15;1-31(2,30)14-8-6-13(7-9-14)28-18-27-11-16(20(24,25)26)17(29-18)32-15-5-3-4-12(10-15)19(21,22)23;1-30(2,27)14-8-6-13(7-9-14)25-18-24-11-16(19(20,21)22)17(26-18)12-4-3-5-15(10-12)31(23,28)29;1-27(2,26)15-10-8-14(9-11-15)24-18-23-12-16(19(20,21)22)17(25-18)13-6-4-3-5-7-13;1-25(2,24)13-5-3-12(4-6-13)22-16-21-9-14(17(18,19)20)15(23-16)11-7-8-26-10-11/h3-10H,1-2H3,(H,28,29,30);3-11H,1-2H3,(H,27,28,29);3-11H,1-2H3,(H2,23,28,29)(H,24,25,26);3-12H,1-2H3,(H,23,24,25);3-10H,1-2H3,(H,21,22,23). The first kappa shape index (κ1) is 117. The van der Waals surface area contributed by atoms with Crippen LogP contribution >= 0.6 is 70.6 Å². The van der Waals surface area contributed by atoms with E-state index in [4.69, 9.17) is 5.14 Å². The topological polar surface area (TPSA) is 335 Å². The summed E-state index contributed by atoms with van der Waals surface area (Å²) in [5.74, 6) is -1.71. The molecular formula is C95H81F22N16O7P5S4. The Balaban J connectivity index is 0.000000177. The molecule has 23 nitrogen and oxygen atoms in total. The van der Waals surface area contributed by atoms with Crippen molar-refractivity contribution in [3.63, 3.8) is 0 Å². The van der Waals surface area contributed by atoms with Crippen molar-refractivity contribution >= 4 is 165 Å². The van der Waals surface area contributed by atoms with Crippen LogP contribution in [0.4, 0.5) is 155 Å². The van der Waals surface area contributed by atoms with Crippen molar-refractivity contribution in [3.05, 3.63) is 311 Å². The Labute approximate surface area is 848 Å². The second-order valence-electron chi connectivity index (χ2n) is 33.6. The fraction of sp³-hybridized carbons (Fsp3) is 0.179. The van der Waals surface area contributed by atoms with E-state index in [1.165, 1.54) is 47.7 Å². The van der Waals surface area contributed by atoms with Gasteiger partial charge in [0.1, 0.15) is 79.4 Å². The zero-order valence-electron chi connectivity index (χ0n) is 78.5. The third kappa shape index (κ3) is 33.6. The maximum atomic E-state index is 13.7. The lowest BCUT2D eigenvalue weighted by Gasteiger charge is -2.14. The molecule has 0 radical (unpaired) electrons. The average Bonchev–Trinajstić information content (AvgIpc) is 1.77. The number of nitrogens with two attached hydrogens (primary N) is 1. The Morgan fingerprint density at radius 2 is 0.584 bits per heavy atom. The summed E-state index contributed by atoms with van der Waals surface area (Å²) in [6, 6.07) is 52.7. The van der Waals surface area contributed by atoms with E-state index in [2.05, 4.69) is 76.4 Å². The molecule has 0 spiro atoms. The minimum absolute atomic E-state index is 0.0470. The summed E-state index contributed by atoms with van der Waals surface area (Å²) in [5, 5.41) is 24.4. The van der Waals surface area contributed by atoms with Crippen molar-refractivity contribution in [2.45, 2.75) is 68.0 Å². The molecule has 7 N–H and O–H groups in total. The van der Waals surface area contributed by atoms with Crippen molar-refractivity contribution in [2.24, 2.45) is 5.14 Å². The van der Waals surface area contributed by atoms with Gasteiger partial charge >= 0.3 is 43.2 Å². The van der Waals surface area contributed by atoms with E-state index >= 15 is 0 Å². The van der Waals surface area contributed by atoms with Gasteiger partial charge in [-0.3, -0.25) is 0 Å². The minimum Gasteiger partial charge on any atom is -0.324 e. The molecule has 15 rings (SSSR count). The van der Waals surface area contributed by atoms with Gasteiger partial charge in [-0.05, 0) is 248 Å². The van der Waals surface area contributed by atoms with E-state index in [1.54, 1.807) is 223 Å². The minimum atomic E-state index is -4.90. The van der Waals surface area contributed by atoms with Gasteiger partial charge in [-0.15, -0.1) is 0 Å². The molecule has 149 heavy (non-hydrogen) atoms. The number of nitrogens with one attached hydrogen (secondary N) is 5. The number of nitrogens with zero attached hydrogens (tertiary/aromatic N) is 10. The number of sulfonamides is 1. The quantitative estimate of drug-likeness (QED) is 0.0197. The zero-order valence-corrected chi connectivity index (χ0v) is 86.2. The molecule has 0 aliphatic rings. The Hall–Kier alpha value is -12.7. The molecule has 0 fully saturated rings. The molecule has 54 heteroatoms. The predicted octanol–water partition coefficient (Wildman–Crippen LogP) is 27.6. The Bertz CT molecular complexity index is 7660. The van der Waals surface area contributed by atoms with E-state index in [1.807, 2.05) is 0 Å². The van der Waals surface area contributed by atoms with Crippen LogP contribution in [0.3, 0.4) is 0 Å². The number of rotatable bonds is 23. The lowest BCUT2D eigenvalue weighted by molar-refractivity contribution is -0.141. The summed E-state index contributed by atoms with van der Waals surface area (Å²) in [4.78, 5) is 37.6. The molecule has 0 amide bonds. The second-order valence-corrected chi connectivity index (χ2v) is 54.2. The van der Waals surface area contributed by atoms with Crippen molar-refractivity contribution < 1.29 is 128 Å². The lowest BCUT2D eigenvalue weighted by Crippen LogP contribution is -2.13. The summed E-state index contributed by atoms with van der Waals surface area (Å²) >= 11 is 1.97. The van der Waals surface area contributed by atoms with Gasteiger partial charge in [0.05, 0.1) is 33.1 Å². The summed E-state index contributed by atoms with van der Waals surface area (Å²) in [6.07, 6.45) is -29.8. The van der Waals surface area contributed by atoms with Crippen LogP contribution in [0.1, 0.15) is 38.9 Å². The molecule has 0 atom stereocenters. The summed E-state index contributed by atoms with van der Waals surface area (Å²) < 4.78 is 376. The number of thiophene rings is 1. The number of hydrogen-bond acceptors (Lipinski definition) is 25. The van der Waals surface area contributed by atoms with Crippen molar-refractivity contribution in [3.8, 4) is 33.8 Å². The number of hydrogen-bond donors (Lipinski definition) is 6. The van der Waals surface area contributed by atoms with Gasteiger partial charge < -0.3 is 49.4 Å². The van der Waals surface area contributed by atoms with Crippen molar-refractivity contribution in [1.82, 2.24) is 49.8 Å². The third-order valence-corrected chi connectivity index (χ3v) is 31.5. The molecule has 6 heterocycles. The third-order valence-electron chi connectivity index (χ3n) is 20.2. The fourth-order valence-corrected chi connectivity index (χ4v) is 20.2. The molecule has 9 aromatic carbocycles. The average molecular weight is 2260 g/mol. The van der Waals surface area contributed by atoms with Gasteiger partial charge in [-0.25, -0.2) is 67.8 Å². The molecule has 0 bridgehead atoms. The lowest BCUT2D eigenvalue weighted by atomic mass is 10.1. The Morgan fingerprint density at radius 1 is 0.295 bits per heavy atom. The summed E-state index contributed by atoms with van der Waals surface area (Å²) in [5.41, 5.74) is -5.40. The van der Waals surface area contributed by atoms with Crippen LogP contribution in [0.15, 0.2) is 291 Å². The molecule has 0 saturated heterocycles. The normalized spacial score (nSPS) is 12.4. The smallest absolute Gasteiger partial charge is 0.324 e. The van der Waals surface area contributed by atoms with Gasteiger partial charge in [0, 0.05) is 118 Å². The highest BCUT2D eigenvalue weighted by Crippen LogP contribution is 2.48. The molecule has 15 aromatic rings. The summed E-state index contributed by atoms with van der Waals surface area (Å²) in [6.45, 7) is 16.3. The highest BCUT2D eigenvalue weighted by molar-refractivity contribution is 7.99. The van der Waals surface area contributed by atoms with Crippen LogP contribution in [0.5, 0.6) is 0 Å². The fourth-order valence-electron chi connectivity index (χ4n) is 12.7. The number of primary sulfonamides is 1. The first-order valence-corrected chi connectivity index (χ1v) is 59.5. The first-order valence-electron chi connectivity index (χ1n) is 42.4. The van der Waals surface area contributed by atoms with E-state index in [9.17, 15) is 128 Å².